The molecule has 0 radical (unpaired) electrons. The van der Waals surface area contributed by atoms with Gasteiger partial charge in [-0.2, -0.15) is 0 Å². The maximum atomic E-state index is 12.4. The molecule has 0 aliphatic carbocycles. The standard InChI is InChI=1S/C33H52N2O2Si/c1-7-8-16-23-29(37-38(5,6)33(2,3)4)24-17-14-12-10-9-11-13-15-18-26-31(36)35-30-25-19-21-28-22-20-27-34-32(28)30/h12,14,17,19-22,24-25,27,29H,7-11,13,15-16,18,23,26H2,1-6H3,(H,35,36)/b14-12-,24-17+/t29-/m0/s1. The van der Waals surface area contributed by atoms with Crippen molar-refractivity contribution in [3.8, 4) is 0 Å². The van der Waals surface area contributed by atoms with Crippen LogP contribution in [0.4, 0.5) is 5.69 Å². The highest BCUT2D eigenvalue weighted by molar-refractivity contribution is 6.74. The second-order valence-electron chi connectivity index (χ2n) is 12.0. The van der Waals surface area contributed by atoms with Crippen molar-refractivity contribution in [1.29, 1.82) is 0 Å². The summed E-state index contributed by atoms with van der Waals surface area (Å²) in [7, 11) is -1.77. The summed E-state index contributed by atoms with van der Waals surface area (Å²) < 4.78 is 6.69. The lowest BCUT2D eigenvalue weighted by molar-refractivity contribution is -0.116. The number of carbonyl (C=O) groups excluding carboxylic acids is 1. The number of allylic oxidation sites excluding steroid dienone is 3. The third-order valence-corrected chi connectivity index (χ3v) is 12.1. The van der Waals surface area contributed by atoms with Crippen molar-refractivity contribution < 1.29 is 9.22 Å². The Balaban J connectivity index is 1.62. The predicted octanol–water partition coefficient (Wildman–Crippen LogP) is 9.99. The summed E-state index contributed by atoms with van der Waals surface area (Å²) in [5, 5.41) is 4.31. The van der Waals surface area contributed by atoms with Gasteiger partial charge in [-0.3, -0.25) is 9.78 Å². The molecule has 0 saturated heterocycles. The first-order valence-electron chi connectivity index (χ1n) is 14.8. The van der Waals surface area contributed by atoms with Gasteiger partial charge in [-0.1, -0.05) is 109 Å². The maximum Gasteiger partial charge on any atom is 0.224 e. The number of nitrogens with one attached hydrogen (secondary N) is 1. The van der Waals surface area contributed by atoms with E-state index in [-0.39, 0.29) is 17.0 Å². The van der Waals surface area contributed by atoms with Crippen LogP contribution in [0.1, 0.15) is 98.3 Å². The van der Waals surface area contributed by atoms with Gasteiger partial charge in [0.2, 0.25) is 5.91 Å². The fourth-order valence-electron chi connectivity index (χ4n) is 4.20. The largest absolute Gasteiger partial charge is 0.411 e. The van der Waals surface area contributed by atoms with Gasteiger partial charge in [-0.15, -0.1) is 0 Å². The molecule has 0 saturated carbocycles. The van der Waals surface area contributed by atoms with Crippen molar-refractivity contribution in [2.75, 3.05) is 5.32 Å². The molecule has 4 nitrogen and oxygen atoms in total. The topological polar surface area (TPSA) is 51.2 Å². The number of fused-ring (bicyclic) bond motifs is 1. The Bertz CT molecular complexity index is 1020. The summed E-state index contributed by atoms with van der Waals surface area (Å²) >= 11 is 0. The van der Waals surface area contributed by atoms with Gasteiger partial charge in [0.05, 0.1) is 17.3 Å². The van der Waals surface area contributed by atoms with Crippen molar-refractivity contribution in [2.45, 2.75) is 123 Å². The van der Waals surface area contributed by atoms with Crippen LogP contribution in [0, 0.1) is 0 Å². The lowest BCUT2D eigenvalue weighted by Gasteiger charge is -2.38. The van der Waals surface area contributed by atoms with Crippen molar-refractivity contribution >= 4 is 30.8 Å². The molecule has 1 atom stereocenters. The summed E-state index contributed by atoms with van der Waals surface area (Å²) in [6, 6.07) is 9.82. The first-order valence-corrected chi connectivity index (χ1v) is 17.7. The van der Waals surface area contributed by atoms with E-state index < -0.39 is 8.32 Å². The Morgan fingerprint density at radius 2 is 1.74 bits per heavy atom. The third-order valence-electron chi connectivity index (χ3n) is 7.60. The molecule has 2 rings (SSSR count). The van der Waals surface area contributed by atoms with E-state index in [1.807, 2.05) is 30.3 Å². The molecule has 210 valence electrons. The van der Waals surface area contributed by atoms with Gasteiger partial charge in [0, 0.05) is 18.0 Å². The quantitative estimate of drug-likeness (QED) is 0.124. The van der Waals surface area contributed by atoms with Crippen LogP contribution in [-0.2, 0) is 9.22 Å². The predicted molar refractivity (Wildman–Crippen MR) is 167 cm³/mol. The van der Waals surface area contributed by atoms with Crippen LogP contribution < -0.4 is 5.32 Å². The van der Waals surface area contributed by atoms with E-state index in [0.717, 1.165) is 42.3 Å². The number of amides is 1. The Morgan fingerprint density at radius 3 is 2.50 bits per heavy atom. The van der Waals surface area contributed by atoms with E-state index in [1.165, 1.54) is 38.5 Å². The Labute approximate surface area is 233 Å². The summed E-state index contributed by atoms with van der Waals surface area (Å²) in [6.07, 6.45) is 23.0. The van der Waals surface area contributed by atoms with Crippen LogP contribution >= 0.6 is 0 Å². The van der Waals surface area contributed by atoms with Gasteiger partial charge < -0.3 is 9.74 Å². The van der Waals surface area contributed by atoms with Gasteiger partial charge in [0.1, 0.15) is 0 Å². The minimum atomic E-state index is -1.77. The second kappa shape index (κ2) is 16.7. The minimum absolute atomic E-state index is 0.0726. The highest BCUT2D eigenvalue weighted by atomic mass is 28.4. The first kappa shape index (κ1) is 32.0. The molecule has 1 heterocycles. The molecule has 0 fully saturated rings. The van der Waals surface area contributed by atoms with Gasteiger partial charge >= 0.3 is 0 Å². The van der Waals surface area contributed by atoms with Crippen molar-refractivity contribution in [3.05, 3.63) is 60.8 Å². The highest BCUT2D eigenvalue weighted by Crippen LogP contribution is 2.38. The number of hydrogen-bond donors (Lipinski definition) is 1. The van der Waals surface area contributed by atoms with E-state index in [4.69, 9.17) is 4.43 Å². The maximum absolute atomic E-state index is 12.4. The van der Waals surface area contributed by atoms with E-state index in [0.29, 0.717) is 6.42 Å². The smallest absolute Gasteiger partial charge is 0.224 e. The van der Waals surface area contributed by atoms with Crippen LogP contribution in [0.15, 0.2) is 60.8 Å². The number of rotatable bonds is 17. The number of aromatic nitrogens is 1. The minimum Gasteiger partial charge on any atom is -0.411 e. The molecule has 0 aliphatic heterocycles. The third kappa shape index (κ3) is 11.7. The molecule has 0 aliphatic rings. The van der Waals surface area contributed by atoms with Crippen LogP contribution in [0.25, 0.3) is 10.9 Å². The molecule has 38 heavy (non-hydrogen) atoms. The van der Waals surface area contributed by atoms with E-state index in [9.17, 15) is 4.79 Å². The summed E-state index contributed by atoms with van der Waals surface area (Å²) in [6.45, 7) is 13.9. The van der Waals surface area contributed by atoms with Gasteiger partial charge in [-0.05, 0) is 55.9 Å². The number of benzene rings is 1. The molecule has 0 bridgehead atoms. The zero-order valence-electron chi connectivity index (χ0n) is 24.9. The molecule has 2 aromatic rings. The number of hydrogen-bond acceptors (Lipinski definition) is 3. The molecule has 1 amide bonds. The number of pyridine rings is 1. The zero-order valence-corrected chi connectivity index (χ0v) is 25.9. The fourth-order valence-corrected chi connectivity index (χ4v) is 5.51. The van der Waals surface area contributed by atoms with E-state index in [2.05, 4.69) is 75.4 Å². The van der Waals surface area contributed by atoms with Crippen molar-refractivity contribution in [3.63, 3.8) is 0 Å². The molecular weight excluding hydrogens is 484 g/mol. The molecular formula is C33H52N2O2Si. The zero-order chi connectivity index (χ0) is 27.9. The molecule has 0 spiro atoms. The molecule has 1 aromatic carbocycles. The number of nitrogens with zero attached hydrogens (tertiary/aromatic N) is 1. The molecule has 1 aromatic heterocycles. The monoisotopic (exact) mass is 536 g/mol. The van der Waals surface area contributed by atoms with Gasteiger partial charge in [0.25, 0.3) is 0 Å². The normalized spacial score (nSPS) is 13.5. The second-order valence-corrected chi connectivity index (χ2v) is 16.7. The van der Waals surface area contributed by atoms with Crippen LogP contribution in [0.3, 0.4) is 0 Å². The van der Waals surface area contributed by atoms with E-state index >= 15 is 0 Å². The van der Waals surface area contributed by atoms with Gasteiger partial charge in [-0.25, -0.2) is 0 Å². The number of unbranched alkanes of at least 4 members (excludes halogenated alkanes) is 7. The Hall–Kier alpha value is -2.24. The summed E-state index contributed by atoms with van der Waals surface area (Å²) in [5.74, 6) is 0.0726. The fraction of sp³-hybridized carbons (Fsp3) is 0.576. The Kier molecular flexibility index (Phi) is 14.0. The lowest BCUT2D eigenvalue weighted by atomic mass is 10.1. The molecule has 0 unspecified atom stereocenters. The number of carbonyl (C=O) groups is 1. The lowest BCUT2D eigenvalue weighted by Crippen LogP contribution is -2.43. The van der Waals surface area contributed by atoms with Crippen molar-refractivity contribution in [1.82, 2.24) is 4.98 Å². The highest BCUT2D eigenvalue weighted by Gasteiger charge is 2.38. The van der Waals surface area contributed by atoms with Crippen LogP contribution in [0.5, 0.6) is 0 Å². The Morgan fingerprint density at radius 1 is 1.00 bits per heavy atom. The van der Waals surface area contributed by atoms with Crippen LogP contribution in [0.2, 0.25) is 18.1 Å². The SMILES string of the molecule is CCCCC[C@@H](/C=C/C=C\CCCCCCCC(=O)Nc1cccc2cccnc12)O[Si](C)(C)C(C)(C)C. The van der Waals surface area contributed by atoms with E-state index in [1.54, 1.807) is 6.20 Å². The number of para-hydroxylation sites is 1. The summed E-state index contributed by atoms with van der Waals surface area (Å²) in [4.78, 5) is 16.8. The number of anilines is 1. The molecule has 5 heteroatoms. The average Bonchev–Trinajstić information content (AvgIpc) is 2.86. The van der Waals surface area contributed by atoms with Gasteiger partial charge in [0.15, 0.2) is 8.32 Å². The van der Waals surface area contributed by atoms with Crippen molar-refractivity contribution in [2.24, 2.45) is 0 Å². The average molecular weight is 537 g/mol. The molecule has 1 N–H and O–H groups in total. The summed E-state index contributed by atoms with van der Waals surface area (Å²) in [5.41, 5.74) is 1.65. The van der Waals surface area contributed by atoms with Crippen LogP contribution in [-0.4, -0.2) is 25.3 Å². The first-order chi connectivity index (χ1) is 18.1.